The monoisotopic (exact) mass is 418 g/mol. The van der Waals surface area contributed by atoms with Crippen molar-refractivity contribution in [3.8, 4) is 5.75 Å². The molecule has 2 rings (SSSR count). The molecule has 29 heavy (non-hydrogen) atoms. The van der Waals surface area contributed by atoms with Gasteiger partial charge in [0, 0.05) is 13.1 Å². The van der Waals surface area contributed by atoms with Crippen LogP contribution in [0, 0.1) is 0 Å². The number of nitrogens with zero attached hydrogens (tertiary/aromatic N) is 1. The molecule has 0 saturated carbocycles. The summed E-state index contributed by atoms with van der Waals surface area (Å²) in [5.41, 5.74) is 1.27. The lowest BCUT2D eigenvalue weighted by Crippen LogP contribution is -2.30. The molecule has 1 atom stereocenters. The van der Waals surface area contributed by atoms with Crippen LogP contribution in [0.2, 0.25) is 0 Å². The molecule has 0 spiro atoms. The van der Waals surface area contributed by atoms with Gasteiger partial charge in [-0.3, -0.25) is 4.79 Å². The Morgan fingerprint density at radius 3 is 2.24 bits per heavy atom. The number of benzene rings is 2. The van der Waals surface area contributed by atoms with E-state index in [1.807, 2.05) is 44.2 Å². The second-order valence-electron chi connectivity index (χ2n) is 6.54. The SMILES string of the molecule is CCOc1ccc(S(=O)(=O)N(CC)CC)cc1NC(=O)C(CC)c1ccccc1. The molecule has 7 heteroatoms. The molecule has 0 radical (unpaired) electrons. The smallest absolute Gasteiger partial charge is 0.243 e. The zero-order chi connectivity index (χ0) is 21.4. The zero-order valence-corrected chi connectivity index (χ0v) is 18.3. The molecule has 0 aliphatic carbocycles. The summed E-state index contributed by atoms with van der Waals surface area (Å²) in [4.78, 5) is 13.1. The van der Waals surface area contributed by atoms with Crippen LogP contribution >= 0.6 is 0 Å². The Bertz CT molecular complexity index is 910. The van der Waals surface area contributed by atoms with E-state index in [2.05, 4.69) is 5.32 Å². The maximum atomic E-state index is 13.0. The summed E-state index contributed by atoms with van der Waals surface area (Å²) in [6, 6.07) is 14.1. The minimum absolute atomic E-state index is 0.132. The predicted octanol–water partition coefficient (Wildman–Crippen LogP) is 4.25. The van der Waals surface area contributed by atoms with Gasteiger partial charge in [0.1, 0.15) is 5.75 Å². The standard InChI is InChI=1S/C22H30N2O4S/c1-5-19(17-12-10-9-11-13-17)22(25)23-20-16-18(14-15-21(20)28-8-4)29(26,27)24(6-2)7-3/h9-16,19H,5-8H2,1-4H3,(H,23,25). The Balaban J connectivity index is 2.40. The first-order valence-electron chi connectivity index (χ1n) is 10.0. The molecular formula is C22H30N2O4S. The van der Waals surface area contributed by atoms with Gasteiger partial charge in [-0.1, -0.05) is 51.1 Å². The van der Waals surface area contributed by atoms with Crippen molar-refractivity contribution in [3.05, 3.63) is 54.1 Å². The minimum Gasteiger partial charge on any atom is -0.492 e. The van der Waals surface area contributed by atoms with Crippen molar-refractivity contribution in [2.75, 3.05) is 25.0 Å². The van der Waals surface area contributed by atoms with Crippen molar-refractivity contribution in [1.29, 1.82) is 0 Å². The van der Waals surface area contributed by atoms with Gasteiger partial charge in [0.05, 0.1) is 23.1 Å². The topological polar surface area (TPSA) is 75.7 Å². The third-order valence-electron chi connectivity index (χ3n) is 4.78. The maximum absolute atomic E-state index is 13.0. The number of amides is 1. The lowest BCUT2D eigenvalue weighted by Gasteiger charge is -2.21. The average molecular weight is 419 g/mol. The fourth-order valence-electron chi connectivity index (χ4n) is 3.24. The number of hydrogen-bond donors (Lipinski definition) is 1. The summed E-state index contributed by atoms with van der Waals surface area (Å²) >= 11 is 0. The van der Waals surface area contributed by atoms with Gasteiger partial charge >= 0.3 is 0 Å². The third kappa shape index (κ3) is 5.36. The molecule has 1 unspecified atom stereocenters. The van der Waals surface area contributed by atoms with Crippen molar-refractivity contribution in [3.63, 3.8) is 0 Å². The second kappa shape index (κ2) is 10.4. The van der Waals surface area contributed by atoms with Gasteiger partial charge in [0.2, 0.25) is 15.9 Å². The quantitative estimate of drug-likeness (QED) is 0.626. The lowest BCUT2D eigenvalue weighted by molar-refractivity contribution is -0.117. The fraction of sp³-hybridized carbons (Fsp3) is 0.409. The van der Waals surface area contributed by atoms with Crippen LogP contribution in [-0.2, 0) is 14.8 Å². The summed E-state index contributed by atoms with van der Waals surface area (Å²) in [5.74, 6) is -0.0898. The maximum Gasteiger partial charge on any atom is 0.243 e. The Hall–Kier alpha value is -2.38. The van der Waals surface area contributed by atoms with E-state index < -0.39 is 10.0 Å². The normalized spacial score (nSPS) is 12.6. The number of nitrogens with one attached hydrogen (secondary N) is 1. The van der Waals surface area contributed by atoms with Gasteiger partial charge in [-0.05, 0) is 37.1 Å². The molecule has 0 aliphatic rings. The number of anilines is 1. The first-order valence-corrected chi connectivity index (χ1v) is 11.5. The zero-order valence-electron chi connectivity index (χ0n) is 17.5. The number of ether oxygens (including phenoxy) is 1. The lowest BCUT2D eigenvalue weighted by atomic mass is 9.95. The Labute approximate surface area is 173 Å². The van der Waals surface area contributed by atoms with Crippen molar-refractivity contribution >= 4 is 21.6 Å². The molecule has 0 bridgehead atoms. The van der Waals surface area contributed by atoms with Crippen molar-refractivity contribution in [2.24, 2.45) is 0 Å². The van der Waals surface area contributed by atoms with Crippen molar-refractivity contribution in [1.82, 2.24) is 4.31 Å². The second-order valence-corrected chi connectivity index (χ2v) is 8.48. The van der Waals surface area contributed by atoms with Gasteiger partial charge < -0.3 is 10.1 Å². The summed E-state index contributed by atoms with van der Waals surface area (Å²) < 4.78 is 32.8. The van der Waals surface area contributed by atoms with Crippen LogP contribution in [0.4, 0.5) is 5.69 Å². The van der Waals surface area contributed by atoms with Crippen LogP contribution in [-0.4, -0.2) is 38.3 Å². The number of carbonyl (C=O) groups excluding carboxylic acids is 1. The summed E-state index contributed by atoms with van der Waals surface area (Å²) in [5, 5.41) is 2.89. The molecule has 0 saturated heterocycles. The number of carbonyl (C=O) groups is 1. The van der Waals surface area contributed by atoms with Crippen LogP contribution in [0.25, 0.3) is 0 Å². The summed E-state index contributed by atoms with van der Waals surface area (Å²) in [6.45, 7) is 8.53. The van der Waals surface area contributed by atoms with E-state index in [1.54, 1.807) is 19.9 Å². The van der Waals surface area contributed by atoms with E-state index >= 15 is 0 Å². The van der Waals surface area contributed by atoms with E-state index in [4.69, 9.17) is 4.74 Å². The minimum atomic E-state index is -3.64. The van der Waals surface area contributed by atoms with E-state index in [0.29, 0.717) is 37.6 Å². The van der Waals surface area contributed by atoms with Gasteiger partial charge in [-0.2, -0.15) is 4.31 Å². The molecule has 0 heterocycles. The van der Waals surface area contributed by atoms with Gasteiger partial charge in [0.15, 0.2) is 0 Å². The molecule has 0 aliphatic heterocycles. The largest absolute Gasteiger partial charge is 0.492 e. The molecule has 1 amide bonds. The number of rotatable bonds is 10. The van der Waals surface area contributed by atoms with E-state index in [0.717, 1.165) is 5.56 Å². The third-order valence-corrected chi connectivity index (χ3v) is 6.82. The first kappa shape index (κ1) is 22.9. The fourth-order valence-corrected chi connectivity index (χ4v) is 4.72. The molecule has 158 valence electrons. The van der Waals surface area contributed by atoms with Gasteiger partial charge in [0.25, 0.3) is 0 Å². The Kier molecular flexibility index (Phi) is 8.22. The Morgan fingerprint density at radius 1 is 1.03 bits per heavy atom. The average Bonchev–Trinajstić information content (AvgIpc) is 2.71. The molecule has 0 fully saturated rings. The molecule has 1 N–H and O–H groups in total. The number of sulfonamides is 1. The van der Waals surface area contributed by atoms with Crippen LogP contribution in [0.3, 0.4) is 0 Å². The summed E-state index contributed by atoms with van der Waals surface area (Å²) in [7, 11) is -3.64. The highest BCUT2D eigenvalue weighted by atomic mass is 32.2. The highest BCUT2D eigenvalue weighted by molar-refractivity contribution is 7.89. The van der Waals surface area contributed by atoms with Crippen LogP contribution in [0.15, 0.2) is 53.4 Å². The molecule has 2 aromatic carbocycles. The predicted molar refractivity (Wildman–Crippen MR) is 116 cm³/mol. The molecule has 0 aromatic heterocycles. The van der Waals surface area contributed by atoms with Crippen LogP contribution in [0.5, 0.6) is 5.75 Å². The van der Waals surface area contributed by atoms with Gasteiger partial charge in [-0.25, -0.2) is 8.42 Å². The summed E-state index contributed by atoms with van der Waals surface area (Å²) in [6.07, 6.45) is 0.622. The highest BCUT2D eigenvalue weighted by Crippen LogP contribution is 2.31. The molecule has 2 aromatic rings. The van der Waals surface area contributed by atoms with E-state index in [9.17, 15) is 13.2 Å². The van der Waals surface area contributed by atoms with E-state index in [1.165, 1.54) is 16.4 Å². The first-order chi connectivity index (χ1) is 13.9. The molecular weight excluding hydrogens is 388 g/mol. The van der Waals surface area contributed by atoms with E-state index in [-0.39, 0.29) is 16.7 Å². The van der Waals surface area contributed by atoms with Crippen LogP contribution < -0.4 is 10.1 Å². The van der Waals surface area contributed by atoms with Crippen molar-refractivity contribution in [2.45, 2.75) is 44.9 Å². The highest BCUT2D eigenvalue weighted by Gasteiger charge is 2.25. The molecule has 6 nitrogen and oxygen atoms in total. The van der Waals surface area contributed by atoms with Gasteiger partial charge in [-0.15, -0.1) is 0 Å². The van der Waals surface area contributed by atoms with Crippen molar-refractivity contribution < 1.29 is 17.9 Å². The number of hydrogen-bond acceptors (Lipinski definition) is 4. The Morgan fingerprint density at radius 2 is 1.69 bits per heavy atom. The van der Waals surface area contributed by atoms with Crippen LogP contribution in [0.1, 0.15) is 45.6 Å².